The molecule has 0 saturated heterocycles. The number of hydrogen-bond acceptors (Lipinski definition) is 1. The molecule has 1 aromatic rings. The van der Waals surface area contributed by atoms with E-state index in [1.54, 1.807) is 0 Å². The molecular weight excluding hydrogens is 326 g/mol. The van der Waals surface area contributed by atoms with E-state index in [9.17, 15) is 0 Å². The summed E-state index contributed by atoms with van der Waals surface area (Å²) in [6.45, 7) is 2.30. The molecule has 0 heterocycles. The lowest BCUT2D eigenvalue weighted by Gasteiger charge is -2.38. The van der Waals surface area contributed by atoms with Crippen LogP contribution in [0, 0.1) is 29.1 Å². The minimum absolute atomic E-state index is 0.730. The van der Waals surface area contributed by atoms with Crippen molar-refractivity contribution in [1.29, 1.82) is 5.26 Å². The summed E-state index contributed by atoms with van der Waals surface area (Å²) < 4.78 is 0. The summed E-state index contributed by atoms with van der Waals surface area (Å²) in [7, 11) is 0. The summed E-state index contributed by atoms with van der Waals surface area (Å²) >= 11 is 0. The van der Waals surface area contributed by atoms with Crippen molar-refractivity contribution in [2.75, 3.05) is 0 Å². The molecule has 2 aliphatic rings. The van der Waals surface area contributed by atoms with Crippen LogP contribution in [0.4, 0.5) is 0 Å². The molecule has 1 heteroatoms. The van der Waals surface area contributed by atoms with Crippen molar-refractivity contribution in [3.8, 4) is 6.07 Å². The van der Waals surface area contributed by atoms with Gasteiger partial charge in [0.2, 0.25) is 0 Å². The van der Waals surface area contributed by atoms with Crippen LogP contribution in [-0.4, -0.2) is 0 Å². The van der Waals surface area contributed by atoms with Crippen LogP contribution in [0.1, 0.15) is 114 Å². The van der Waals surface area contributed by atoms with Gasteiger partial charge in [0.15, 0.2) is 0 Å². The molecular formula is C26H39N. The number of unbranched alkanes of at least 4 members (excludes halogenated alkanes) is 4. The van der Waals surface area contributed by atoms with Crippen LogP contribution in [0.3, 0.4) is 0 Å². The average Bonchev–Trinajstić information content (AvgIpc) is 2.74. The lowest BCUT2D eigenvalue weighted by atomic mass is 9.68. The molecule has 0 radical (unpaired) electrons. The Morgan fingerprint density at radius 2 is 1.37 bits per heavy atom. The van der Waals surface area contributed by atoms with E-state index in [4.69, 9.17) is 5.26 Å². The van der Waals surface area contributed by atoms with Gasteiger partial charge in [-0.3, -0.25) is 0 Å². The maximum atomic E-state index is 8.97. The molecule has 0 unspecified atom stereocenters. The first-order valence-electron chi connectivity index (χ1n) is 11.8. The van der Waals surface area contributed by atoms with E-state index >= 15 is 0 Å². The largest absolute Gasteiger partial charge is 0.192 e. The van der Waals surface area contributed by atoms with Crippen LogP contribution in [0.5, 0.6) is 0 Å². The third kappa shape index (κ3) is 6.10. The van der Waals surface area contributed by atoms with Crippen LogP contribution in [0.15, 0.2) is 24.3 Å². The second-order valence-electron chi connectivity index (χ2n) is 9.33. The second kappa shape index (κ2) is 10.9. The first kappa shape index (κ1) is 20.4. The maximum absolute atomic E-state index is 8.97. The van der Waals surface area contributed by atoms with Crippen molar-refractivity contribution in [2.45, 2.75) is 103 Å². The van der Waals surface area contributed by atoms with Gasteiger partial charge in [-0.25, -0.2) is 0 Å². The highest BCUT2D eigenvalue weighted by atomic mass is 14.4. The Bertz CT molecular complexity index is 565. The topological polar surface area (TPSA) is 23.8 Å². The van der Waals surface area contributed by atoms with Crippen LogP contribution >= 0.6 is 0 Å². The highest BCUT2D eigenvalue weighted by Crippen LogP contribution is 2.44. The summed E-state index contributed by atoms with van der Waals surface area (Å²) in [6, 6.07) is 10.6. The molecule has 3 rings (SSSR count). The molecule has 27 heavy (non-hydrogen) atoms. The van der Waals surface area contributed by atoms with Gasteiger partial charge in [-0.05, 0) is 79.9 Å². The van der Waals surface area contributed by atoms with Gasteiger partial charge in [0.1, 0.15) is 0 Å². The molecule has 148 valence electrons. The quantitative estimate of drug-likeness (QED) is 0.428. The lowest BCUT2D eigenvalue weighted by molar-refractivity contribution is 0.155. The molecule has 2 aliphatic carbocycles. The van der Waals surface area contributed by atoms with Crippen molar-refractivity contribution in [3.05, 3.63) is 35.4 Å². The summed E-state index contributed by atoms with van der Waals surface area (Å²) in [5.74, 6) is 3.78. The zero-order valence-electron chi connectivity index (χ0n) is 17.5. The number of rotatable bonds is 8. The molecule has 0 amide bonds. The Kier molecular flexibility index (Phi) is 8.25. The van der Waals surface area contributed by atoms with E-state index in [0.29, 0.717) is 0 Å². The van der Waals surface area contributed by atoms with E-state index in [2.05, 4.69) is 25.1 Å². The van der Waals surface area contributed by atoms with Crippen molar-refractivity contribution in [1.82, 2.24) is 0 Å². The van der Waals surface area contributed by atoms with Gasteiger partial charge in [0, 0.05) is 0 Å². The van der Waals surface area contributed by atoms with Crippen LogP contribution in [0.25, 0.3) is 0 Å². The van der Waals surface area contributed by atoms with Crippen LogP contribution in [0.2, 0.25) is 0 Å². The Hall–Kier alpha value is -1.29. The molecule has 0 bridgehead atoms. The zero-order chi connectivity index (χ0) is 18.9. The predicted octanol–water partition coefficient (Wildman–Crippen LogP) is 8.00. The van der Waals surface area contributed by atoms with Crippen molar-refractivity contribution >= 4 is 0 Å². The van der Waals surface area contributed by atoms with Gasteiger partial charge >= 0.3 is 0 Å². The number of nitriles is 1. The minimum Gasteiger partial charge on any atom is -0.192 e. The van der Waals surface area contributed by atoms with Gasteiger partial charge < -0.3 is 0 Å². The van der Waals surface area contributed by atoms with Gasteiger partial charge in [-0.15, -0.1) is 0 Å². The molecule has 2 fully saturated rings. The third-order valence-corrected chi connectivity index (χ3v) is 7.56. The van der Waals surface area contributed by atoms with Crippen molar-refractivity contribution in [2.24, 2.45) is 17.8 Å². The molecule has 0 atom stereocenters. The molecule has 0 aromatic heterocycles. The van der Waals surface area contributed by atoms with Gasteiger partial charge in [0.05, 0.1) is 11.6 Å². The van der Waals surface area contributed by atoms with E-state index in [1.165, 1.54) is 95.5 Å². The van der Waals surface area contributed by atoms with Crippen LogP contribution < -0.4 is 0 Å². The van der Waals surface area contributed by atoms with E-state index < -0.39 is 0 Å². The summed E-state index contributed by atoms with van der Waals surface area (Å²) in [5, 5.41) is 8.97. The lowest BCUT2D eigenvalue weighted by Crippen LogP contribution is -2.25. The Morgan fingerprint density at radius 3 is 1.96 bits per heavy atom. The Morgan fingerprint density at radius 1 is 0.778 bits per heavy atom. The number of nitrogens with zero attached hydrogens (tertiary/aromatic N) is 1. The number of benzene rings is 1. The molecule has 2 saturated carbocycles. The average molecular weight is 366 g/mol. The predicted molar refractivity (Wildman–Crippen MR) is 115 cm³/mol. The maximum Gasteiger partial charge on any atom is 0.0991 e. The normalized spacial score (nSPS) is 28.6. The fourth-order valence-corrected chi connectivity index (χ4v) is 5.74. The first-order valence-corrected chi connectivity index (χ1v) is 11.8. The minimum atomic E-state index is 0.730. The highest BCUT2D eigenvalue weighted by Gasteiger charge is 2.31. The third-order valence-electron chi connectivity index (χ3n) is 7.56. The molecule has 0 N–H and O–H groups in total. The molecule has 0 spiro atoms. The van der Waals surface area contributed by atoms with Crippen molar-refractivity contribution < 1.29 is 0 Å². The van der Waals surface area contributed by atoms with Crippen LogP contribution in [-0.2, 0) is 0 Å². The highest BCUT2D eigenvalue weighted by molar-refractivity contribution is 5.33. The molecule has 1 aromatic carbocycles. The smallest absolute Gasteiger partial charge is 0.0991 e. The summed E-state index contributed by atoms with van der Waals surface area (Å²) in [6.07, 6.45) is 20.3. The standard InChI is InChI=1S/C26H39N/c1-2-3-4-5-6-7-21-8-12-23(13-9-21)25-16-18-26(19-17-25)24-14-10-22(20-27)11-15-24/h10-11,14-15,21,23,25-26H,2-9,12-13,16-19H2,1H3. The van der Waals surface area contributed by atoms with Gasteiger partial charge in [0.25, 0.3) is 0 Å². The van der Waals surface area contributed by atoms with E-state index in [0.717, 1.165) is 29.2 Å². The fraction of sp³-hybridized carbons (Fsp3) is 0.731. The summed E-state index contributed by atoms with van der Waals surface area (Å²) in [4.78, 5) is 0. The summed E-state index contributed by atoms with van der Waals surface area (Å²) in [5.41, 5.74) is 2.24. The second-order valence-corrected chi connectivity index (χ2v) is 9.33. The van der Waals surface area contributed by atoms with E-state index in [1.807, 2.05) is 12.1 Å². The monoisotopic (exact) mass is 365 g/mol. The van der Waals surface area contributed by atoms with Gasteiger partial charge in [-0.1, -0.05) is 70.4 Å². The van der Waals surface area contributed by atoms with Gasteiger partial charge in [-0.2, -0.15) is 5.26 Å². The number of hydrogen-bond donors (Lipinski definition) is 0. The Labute approximate surface area is 167 Å². The zero-order valence-corrected chi connectivity index (χ0v) is 17.5. The SMILES string of the molecule is CCCCCCCC1CCC(C2CCC(c3ccc(C#N)cc3)CC2)CC1. The Balaban J connectivity index is 1.35. The molecule has 0 aliphatic heterocycles. The molecule has 1 nitrogen and oxygen atoms in total. The van der Waals surface area contributed by atoms with Crippen molar-refractivity contribution in [3.63, 3.8) is 0 Å². The first-order chi connectivity index (χ1) is 13.3. The fourth-order valence-electron chi connectivity index (χ4n) is 5.74. The van der Waals surface area contributed by atoms with E-state index in [-0.39, 0.29) is 0 Å².